The van der Waals surface area contributed by atoms with Crippen molar-refractivity contribution in [3.05, 3.63) is 29.8 Å². The molecule has 4 heteroatoms. The fourth-order valence-corrected chi connectivity index (χ4v) is 3.25. The Morgan fingerprint density at radius 3 is 2.90 bits per heavy atom. The van der Waals surface area contributed by atoms with Crippen LogP contribution in [-0.2, 0) is 11.3 Å². The van der Waals surface area contributed by atoms with Crippen molar-refractivity contribution in [2.75, 3.05) is 13.2 Å². The predicted molar refractivity (Wildman–Crippen MR) is 73.8 cm³/mol. The van der Waals surface area contributed by atoms with Gasteiger partial charge in [0, 0.05) is 12.1 Å². The summed E-state index contributed by atoms with van der Waals surface area (Å²) >= 11 is 0. The van der Waals surface area contributed by atoms with E-state index in [1.54, 1.807) is 4.90 Å². The highest BCUT2D eigenvalue weighted by molar-refractivity contribution is 5.86. The van der Waals surface area contributed by atoms with E-state index in [1.165, 1.54) is 0 Å². The SMILES string of the molecule is CC1CC(C#N)(C(=O)N2CCOc3ccccc3C2)C1. The summed E-state index contributed by atoms with van der Waals surface area (Å²) in [6.45, 7) is 3.65. The third-order valence-corrected chi connectivity index (χ3v) is 4.26. The van der Waals surface area contributed by atoms with Crippen LogP contribution in [0.25, 0.3) is 0 Å². The Morgan fingerprint density at radius 2 is 2.20 bits per heavy atom. The number of carbonyl (C=O) groups excluding carboxylic acids is 1. The smallest absolute Gasteiger partial charge is 0.243 e. The molecule has 1 heterocycles. The van der Waals surface area contributed by atoms with Gasteiger partial charge in [-0.1, -0.05) is 25.1 Å². The summed E-state index contributed by atoms with van der Waals surface area (Å²) in [5.41, 5.74) is 0.220. The molecule has 0 saturated heterocycles. The highest BCUT2D eigenvalue weighted by Crippen LogP contribution is 2.46. The molecule has 0 N–H and O–H groups in total. The summed E-state index contributed by atoms with van der Waals surface area (Å²) in [7, 11) is 0. The Kier molecular flexibility index (Phi) is 3.13. The van der Waals surface area contributed by atoms with Gasteiger partial charge in [-0.05, 0) is 24.8 Å². The summed E-state index contributed by atoms with van der Waals surface area (Å²) < 4.78 is 5.67. The number of para-hydroxylation sites is 1. The van der Waals surface area contributed by atoms with Crippen molar-refractivity contribution in [1.82, 2.24) is 4.90 Å². The molecule has 0 spiro atoms. The molecular formula is C16H18N2O2. The summed E-state index contributed by atoms with van der Waals surface area (Å²) in [6, 6.07) is 10.0. The maximum atomic E-state index is 12.7. The number of rotatable bonds is 1. The molecule has 0 bridgehead atoms. The fraction of sp³-hybridized carbons (Fsp3) is 0.500. The normalized spacial score (nSPS) is 28.4. The topological polar surface area (TPSA) is 53.3 Å². The van der Waals surface area contributed by atoms with Gasteiger partial charge in [-0.15, -0.1) is 0 Å². The molecule has 1 aromatic carbocycles. The predicted octanol–water partition coefficient (Wildman–Crippen LogP) is 2.35. The van der Waals surface area contributed by atoms with E-state index in [0.717, 1.165) is 11.3 Å². The molecule has 2 aliphatic rings. The summed E-state index contributed by atoms with van der Waals surface area (Å²) in [5, 5.41) is 9.39. The molecule has 1 aliphatic heterocycles. The lowest BCUT2D eigenvalue weighted by Crippen LogP contribution is -2.50. The molecule has 3 rings (SSSR count). The van der Waals surface area contributed by atoms with Crippen molar-refractivity contribution >= 4 is 5.91 Å². The molecule has 1 aliphatic carbocycles. The average molecular weight is 270 g/mol. The lowest BCUT2D eigenvalue weighted by molar-refractivity contribution is -0.146. The number of amides is 1. The highest BCUT2D eigenvalue weighted by atomic mass is 16.5. The second-order valence-electron chi connectivity index (χ2n) is 5.89. The molecule has 1 amide bonds. The first kappa shape index (κ1) is 13.0. The van der Waals surface area contributed by atoms with Gasteiger partial charge in [0.2, 0.25) is 5.91 Å². The Morgan fingerprint density at radius 1 is 1.45 bits per heavy atom. The van der Waals surface area contributed by atoms with Crippen molar-refractivity contribution in [3.8, 4) is 11.8 Å². The second kappa shape index (κ2) is 4.82. The zero-order chi connectivity index (χ0) is 14.2. The van der Waals surface area contributed by atoms with Crippen LogP contribution in [0.5, 0.6) is 5.75 Å². The van der Waals surface area contributed by atoms with E-state index >= 15 is 0 Å². The van der Waals surface area contributed by atoms with Gasteiger partial charge < -0.3 is 9.64 Å². The Balaban J connectivity index is 1.81. The molecule has 0 unspecified atom stereocenters. The number of carbonyl (C=O) groups is 1. The minimum atomic E-state index is -0.793. The van der Waals surface area contributed by atoms with Crippen molar-refractivity contribution in [1.29, 1.82) is 5.26 Å². The molecular weight excluding hydrogens is 252 g/mol. The van der Waals surface area contributed by atoms with Crippen LogP contribution in [0.2, 0.25) is 0 Å². The second-order valence-corrected chi connectivity index (χ2v) is 5.89. The van der Waals surface area contributed by atoms with Gasteiger partial charge in [0.25, 0.3) is 0 Å². The number of benzene rings is 1. The van der Waals surface area contributed by atoms with Crippen LogP contribution in [0.3, 0.4) is 0 Å². The van der Waals surface area contributed by atoms with Crippen LogP contribution in [-0.4, -0.2) is 24.0 Å². The van der Waals surface area contributed by atoms with Crippen LogP contribution in [0.15, 0.2) is 24.3 Å². The average Bonchev–Trinajstić information content (AvgIpc) is 2.65. The third kappa shape index (κ3) is 2.03. The van der Waals surface area contributed by atoms with Gasteiger partial charge in [-0.3, -0.25) is 4.79 Å². The quantitative estimate of drug-likeness (QED) is 0.787. The molecule has 1 fully saturated rings. The van der Waals surface area contributed by atoms with E-state index < -0.39 is 5.41 Å². The van der Waals surface area contributed by atoms with Crippen LogP contribution < -0.4 is 4.74 Å². The van der Waals surface area contributed by atoms with Gasteiger partial charge in [0.05, 0.1) is 12.6 Å². The summed E-state index contributed by atoms with van der Waals surface area (Å²) in [6.07, 6.45) is 1.36. The monoisotopic (exact) mass is 270 g/mol. The van der Waals surface area contributed by atoms with E-state index in [-0.39, 0.29) is 5.91 Å². The Labute approximate surface area is 118 Å². The number of nitriles is 1. The third-order valence-electron chi connectivity index (χ3n) is 4.26. The van der Waals surface area contributed by atoms with E-state index in [1.807, 2.05) is 24.3 Å². The zero-order valence-electron chi connectivity index (χ0n) is 11.6. The molecule has 0 aromatic heterocycles. The molecule has 1 aromatic rings. The number of ether oxygens (including phenoxy) is 1. The van der Waals surface area contributed by atoms with Gasteiger partial charge in [-0.25, -0.2) is 0 Å². The standard InChI is InChI=1S/C16H18N2O2/c1-12-8-16(9-12,11-17)15(19)18-6-7-20-14-5-3-2-4-13(14)10-18/h2-5,12H,6-10H2,1H3. The van der Waals surface area contributed by atoms with Crippen LogP contribution in [0.4, 0.5) is 0 Å². The summed E-state index contributed by atoms with van der Waals surface area (Å²) in [4.78, 5) is 14.5. The largest absolute Gasteiger partial charge is 0.491 e. The van der Waals surface area contributed by atoms with Gasteiger partial charge in [-0.2, -0.15) is 5.26 Å². The van der Waals surface area contributed by atoms with E-state index in [9.17, 15) is 10.1 Å². The first-order chi connectivity index (χ1) is 9.64. The molecule has 20 heavy (non-hydrogen) atoms. The maximum Gasteiger partial charge on any atom is 0.243 e. The van der Waals surface area contributed by atoms with Crippen LogP contribution in [0.1, 0.15) is 25.3 Å². The molecule has 4 nitrogen and oxygen atoms in total. The van der Waals surface area contributed by atoms with Crippen molar-refractivity contribution in [2.24, 2.45) is 11.3 Å². The number of fused-ring (bicyclic) bond motifs is 1. The number of hydrogen-bond acceptors (Lipinski definition) is 3. The molecule has 1 saturated carbocycles. The van der Waals surface area contributed by atoms with Gasteiger partial charge in [0.15, 0.2) is 0 Å². The van der Waals surface area contributed by atoms with Crippen LogP contribution >= 0.6 is 0 Å². The van der Waals surface area contributed by atoms with Crippen molar-refractivity contribution < 1.29 is 9.53 Å². The van der Waals surface area contributed by atoms with E-state index in [0.29, 0.717) is 38.5 Å². The van der Waals surface area contributed by atoms with Gasteiger partial charge >= 0.3 is 0 Å². The van der Waals surface area contributed by atoms with E-state index in [4.69, 9.17) is 4.74 Å². The molecule has 0 radical (unpaired) electrons. The fourth-order valence-electron chi connectivity index (χ4n) is 3.25. The van der Waals surface area contributed by atoms with Gasteiger partial charge in [0.1, 0.15) is 17.8 Å². The first-order valence-electron chi connectivity index (χ1n) is 7.06. The Bertz CT molecular complexity index is 570. The highest BCUT2D eigenvalue weighted by Gasteiger charge is 2.50. The number of nitrogens with zero attached hydrogens (tertiary/aromatic N) is 2. The lowest BCUT2D eigenvalue weighted by atomic mass is 9.62. The number of hydrogen-bond donors (Lipinski definition) is 0. The Hall–Kier alpha value is -2.02. The minimum Gasteiger partial charge on any atom is -0.491 e. The summed E-state index contributed by atoms with van der Waals surface area (Å²) in [5.74, 6) is 1.28. The molecule has 104 valence electrons. The first-order valence-corrected chi connectivity index (χ1v) is 7.06. The van der Waals surface area contributed by atoms with Crippen LogP contribution in [0, 0.1) is 22.7 Å². The molecule has 0 atom stereocenters. The van der Waals surface area contributed by atoms with Crippen molar-refractivity contribution in [2.45, 2.75) is 26.3 Å². The van der Waals surface area contributed by atoms with E-state index in [2.05, 4.69) is 13.0 Å². The minimum absolute atomic E-state index is 0.0293. The maximum absolute atomic E-state index is 12.7. The van der Waals surface area contributed by atoms with Crippen molar-refractivity contribution in [3.63, 3.8) is 0 Å². The lowest BCUT2D eigenvalue weighted by Gasteiger charge is -2.42. The zero-order valence-corrected chi connectivity index (χ0v) is 11.6.